The summed E-state index contributed by atoms with van der Waals surface area (Å²) in [7, 11) is 0. The van der Waals surface area contributed by atoms with Crippen LogP contribution in [0.15, 0.2) is 72.8 Å². The molecule has 4 aromatic rings. The quantitative estimate of drug-likeness (QED) is 0.167. The predicted molar refractivity (Wildman–Crippen MR) is 195 cm³/mol. The Morgan fingerprint density at radius 1 is 0.846 bits per heavy atom. The average molecular weight is 711 g/mol. The van der Waals surface area contributed by atoms with Gasteiger partial charge in [0.25, 0.3) is 5.91 Å². The highest BCUT2D eigenvalue weighted by Gasteiger charge is 2.44. The van der Waals surface area contributed by atoms with E-state index in [4.69, 9.17) is 0 Å². The molecule has 3 aromatic carbocycles. The van der Waals surface area contributed by atoms with Gasteiger partial charge in [-0.15, -0.1) is 0 Å². The fraction of sp³-hybridized carbons (Fsp3) is 0.359. The molecule has 0 unspecified atom stereocenters. The second-order valence-electron chi connectivity index (χ2n) is 14.3. The molecule has 2 aliphatic rings. The first-order valence-corrected chi connectivity index (χ1v) is 17.4. The number of carbonyl (C=O) groups is 5. The number of hydrogen-bond donors (Lipinski definition) is 4. The van der Waals surface area contributed by atoms with Crippen LogP contribution in [0.1, 0.15) is 65.0 Å². The average Bonchev–Trinajstić information content (AvgIpc) is 3.87. The van der Waals surface area contributed by atoms with Crippen LogP contribution >= 0.6 is 0 Å². The van der Waals surface area contributed by atoms with Crippen LogP contribution in [-0.2, 0) is 19.2 Å². The van der Waals surface area contributed by atoms with Crippen LogP contribution in [0.2, 0.25) is 0 Å². The molecule has 12 nitrogen and oxygen atoms in total. The number of nitrogens with one attached hydrogen (secondary N) is 3. The molecule has 4 N–H and O–H groups in total. The fourth-order valence-corrected chi connectivity index (χ4v) is 7.31. The first-order valence-electron chi connectivity index (χ1n) is 17.4. The van der Waals surface area contributed by atoms with Crippen molar-refractivity contribution in [2.24, 2.45) is 0 Å². The number of aromatic amines is 1. The molecule has 272 valence electrons. The number of rotatable bonds is 8. The lowest BCUT2D eigenvalue weighted by Gasteiger charge is -2.41. The Bertz CT molecular complexity index is 2010. The first kappa shape index (κ1) is 36.1. The Labute approximate surface area is 301 Å². The number of fused-ring (bicyclic) bond motifs is 1. The summed E-state index contributed by atoms with van der Waals surface area (Å²) in [6, 6.07) is 17.7. The van der Waals surface area contributed by atoms with Crippen molar-refractivity contribution < 1.29 is 33.5 Å². The molecule has 0 bridgehead atoms. The third-order valence-electron chi connectivity index (χ3n) is 9.78. The van der Waals surface area contributed by atoms with Crippen molar-refractivity contribution in [3.8, 4) is 11.3 Å². The lowest BCUT2D eigenvalue weighted by atomic mass is 9.97. The van der Waals surface area contributed by atoms with Crippen LogP contribution in [0.4, 0.5) is 20.6 Å². The lowest BCUT2D eigenvalue weighted by Crippen LogP contribution is -2.54. The molecule has 2 saturated heterocycles. The molecule has 0 aliphatic carbocycles. The van der Waals surface area contributed by atoms with E-state index < -0.39 is 47.4 Å². The maximum atomic E-state index is 15.9. The third-order valence-corrected chi connectivity index (χ3v) is 9.78. The molecule has 0 spiro atoms. The zero-order valence-electron chi connectivity index (χ0n) is 29.6. The van der Waals surface area contributed by atoms with E-state index in [0.717, 1.165) is 11.3 Å². The number of H-pyrrole nitrogens is 1. The van der Waals surface area contributed by atoms with Crippen molar-refractivity contribution in [3.63, 3.8) is 0 Å². The highest BCUT2D eigenvalue weighted by atomic mass is 19.1. The summed E-state index contributed by atoms with van der Waals surface area (Å²) >= 11 is 0. The molecule has 6 rings (SSSR count). The van der Waals surface area contributed by atoms with Crippen LogP contribution in [-0.4, -0.2) is 85.2 Å². The van der Waals surface area contributed by atoms with E-state index in [1.165, 1.54) is 17.9 Å². The number of carboxylic acid groups (broad SMARTS) is 1. The predicted octanol–water partition coefficient (Wildman–Crippen LogP) is 6.37. The highest BCUT2D eigenvalue weighted by molar-refractivity contribution is 6.01. The molecular formula is C39H43FN6O6. The van der Waals surface area contributed by atoms with Crippen molar-refractivity contribution in [2.75, 3.05) is 23.7 Å². The molecule has 2 fully saturated rings. The van der Waals surface area contributed by atoms with Gasteiger partial charge >= 0.3 is 6.09 Å². The Hall–Kier alpha value is -5.72. The van der Waals surface area contributed by atoms with Crippen LogP contribution in [0.5, 0.6) is 0 Å². The Balaban J connectivity index is 1.18. The lowest BCUT2D eigenvalue weighted by molar-refractivity contribution is -0.142. The van der Waals surface area contributed by atoms with E-state index in [9.17, 15) is 29.1 Å². The van der Waals surface area contributed by atoms with Gasteiger partial charge in [-0.3, -0.25) is 24.1 Å². The van der Waals surface area contributed by atoms with E-state index in [1.807, 2.05) is 0 Å². The van der Waals surface area contributed by atoms with Crippen molar-refractivity contribution in [2.45, 2.75) is 77.0 Å². The molecule has 3 atom stereocenters. The largest absolute Gasteiger partial charge is 0.465 e. The SMILES string of the molecule is CC(=O)N1CCC[C@H]1C(=O)Nc1ccc(-c2[nH]c3ccc(NC(=O)[C@@H]4CCCN4C(=O)[C@@H](c4ccccc4)N(C(=O)O)C(C)(C)C)cc3c2F)cc1. The first-order chi connectivity index (χ1) is 24.7. The van der Waals surface area contributed by atoms with Gasteiger partial charge in [-0.25, -0.2) is 9.18 Å². The van der Waals surface area contributed by atoms with E-state index in [-0.39, 0.29) is 29.4 Å². The van der Waals surface area contributed by atoms with Crippen LogP contribution in [0.25, 0.3) is 22.2 Å². The second-order valence-corrected chi connectivity index (χ2v) is 14.3. The van der Waals surface area contributed by atoms with Crippen LogP contribution in [0.3, 0.4) is 0 Å². The summed E-state index contributed by atoms with van der Waals surface area (Å²) < 4.78 is 15.9. The highest BCUT2D eigenvalue weighted by Crippen LogP contribution is 2.35. The zero-order valence-corrected chi connectivity index (χ0v) is 29.6. The molecule has 52 heavy (non-hydrogen) atoms. The molecular weight excluding hydrogens is 667 g/mol. The Morgan fingerprint density at radius 2 is 1.42 bits per heavy atom. The van der Waals surface area contributed by atoms with E-state index in [2.05, 4.69) is 15.6 Å². The van der Waals surface area contributed by atoms with Crippen molar-refractivity contribution in [1.29, 1.82) is 0 Å². The molecule has 0 saturated carbocycles. The number of carbonyl (C=O) groups excluding carboxylic acids is 4. The molecule has 0 radical (unpaired) electrons. The molecule has 2 aliphatic heterocycles. The number of nitrogens with zero attached hydrogens (tertiary/aromatic N) is 3. The molecule has 1 aromatic heterocycles. The fourth-order valence-electron chi connectivity index (χ4n) is 7.31. The number of benzene rings is 3. The van der Waals surface area contributed by atoms with Crippen LogP contribution < -0.4 is 10.6 Å². The summed E-state index contributed by atoms with van der Waals surface area (Å²) in [6.07, 6.45) is 1.06. The van der Waals surface area contributed by atoms with E-state index in [0.29, 0.717) is 53.8 Å². The van der Waals surface area contributed by atoms with Gasteiger partial charge in [0.15, 0.2) is 5.82 Å². The van der Waals surface area contributed by atoms with Crippen molar-refractivity contribution in [1.82, 2.24) is 19.7 Å². The maximum Gasteiger partial charge on any atom is 0.408 e. The monoisotopic (exact) mass is 710 g/mol. The zero-order chi connectivity index (χ0) is 37.3. The summed E-state index contributed by atoms with van der Waals surface area (Å²) in [5.74, 6) is -1.86. The number of likely N-dealkylation sites (tertiary alicyclic amines) is 2. The van der Waals surface area contributed by atoms with Crippen LogP contribution in [0, 0.1) is 5.82 Å². The van der Waals surface area contributed by atoms with Gasteiger partial charge in [-0.05, 0) is 82.3 Å². The van der Waals surface area contributed by atoms with Gasteiger partial charge in [-0.1, -0.05) is 42.5 Å². The Kier molecular flexibility index (Phi) is 10.1. The Morgan fingerprint density at radius 3 is 2.02 bits per heavy atom. The topological polar surface area (TPSA) is 155 Å². The summed E-state index contributed by atoms with van der Waals surface area (Å²) in [5, 5.41) is 16.2. The smallest absolute Gasteiger partial charge is 0.408 e. The van der Waals surface area contributed by atoms with Crippen molar-refractivity contribution >= 4 is 52.0 Å². The second kappa shape index (κ2) is 14.5. The van der Waals surface area contributed by atoms with Gasteiger partial charge in [0.05, 0.1) is 5.69 Å². The van der Waals surface area contributed by atoms with E-state index in [1.54, 1.807) is 92.4 Å². The number of hydrogen-bond acceptors (Lipinski definition) is 5. The normalized spacial score (nSPS) is 17.9. The minimum atomic E-state index is -1.25. The summed E-state index contributed by atoms with van der Waals surface area (Å²) in [5.41, 5.74) is 1.73. The molecule has 5 amide bonds. The standard InChI is InChI=1S/C39H43FN6O6/c1-23(47)44-20-8-12-30(44)35(48)41-26-16-14-24(15-17-26)33-32(40)28-22-27(18-19-29(28)43-33)42-36(49)31-13-9-21-45(31)37(50)34(25-10-6-5-7-11-25)46(38(51)52)39(2,3)4/h5-7,10-11,14-19,22,30-31,34,43H,8-9,12-13,20-21H2,1-4H3,(H,41,48)(H,42,49)(H,51,52)/t30-,31-,34+/m0/s1. The molecule has 13 heteroatoms. The number of amides is 5. The van der Waals surface area contributed by atoms with Crippen molar-refractivity contribution in [3.05, 3.63) is 84.2 Å². The summed E-state index contributed by atoms with van der Waals surface area (Å²) in [4.78, 5) is 72.3. The van der Waals surface area contributed by atoms with Gasteiger partial charge in [0.2, 0.25) is 17.7 Å². The minimum Gasteiger partial charge on any atom is -0.465 e. The third kappa shape index (κ3) is 7.21. The van der Waals surface area contributed by atoms with Gasteiger partial charge in [-0.2, -0.15) is 0 Å². The number of anilines is 2. The van der Waals surface area contributed by atoms with Gasteiger partial charge in [0.1, 0.15) is 18.1 Å². The van der Waals surface area contributed by atoms with Gasteiger partial charge in [0, 0.05) is 53.4 Å². The number of halogens is 1. The summed E-state index contributed by atoms with van der Waals surface area (Å²) in [6.45, 7) is 7.45. The van der Waals surface area contributed by atoms with E-state index >= 15 is 4.39 Å². The maximum absolute atomic E-state index is 15.9. The number of aromatic nitrogens is 1. The molecule has 3 heterocycles. The van der Waals surface area contributed by atoms with Gasteiger partial charge < -0.3 is 30.5 Å². The minimum absolute atomic E-state index is 0.141.